The Labute approximate surface area is 202 Å². The van der Waals surface area contributed by atoms with Gasteiger partial charge in [-0.15, -0.1) is 12.4 Å². The molecule has 5 nitrogen and oxygen atoms in total. The molecular weight excluding hydrogens is 475 g/mol. The molecule has 0 bridgehead atoms. The van der Waals surface area contributed by atoms with E-state index in [1.807, 2.05) is 36.4 Å². The average Bonchev–Trinajstić information content (AvgIpc) is 3.14. The molecule has 0 unspecified atom stereocenters. The van der Waals surface area contributed by atoms with Gasteiger partial charge in [0.1, 0.15) is 0 Å². The van der Waals surface area contributed by atoms with Gasteiger partial charge in [0, 0.05) is 37.6 Å². The van der Waals surface area contributed by atoms with E-state index < -0.39 is 0 Å². The van der Waals surface area contributed by atoms with E-state index in [4.69, 9.17) is 23.2 Å². The number of fused-ring (bicyclic) bond motifs is 1. The summed E-state index contributed by atoms with van der Waals surface area (Å²) in [6.07, 6.45) is 2.41. The zero-order valence-electron chi connectivity index (χ0n) is 17.0. The number of unbranched alkanes of at least 4 members (excludes halogenated alkanes) is 1. The number of benzene rings is 2. The molecule has 1 fully saturated rings. The number of nitrogens with zero attached hydrogens (tertiary/aromatic N) is 3. The summed E-state index contributed by atoms with van der Waals surface area (Å²) in [5.41, 5.74) is 1.98. The summed E-state index contributed by atoms with van der Waals surface area (Å²) in [4.78, 5) is 21.4. The fraction of sp³-hybridized carbons (Fsp3) is 0.364. The van der Waals surface area contributed by atoms with Gasteiger partial charge in [-0.3, -0.25) is 9.69 Å². The third-order valence-electron chi connectivity index (χ3n) is 5.29. The van der Waals surface area contributed by atoms with Crippen LogP contribution >= 0.6 is 46.9 Å². The third kappa shape index (κ3) is 6.46. The minimum Gasteiger partial charge on any atom is -0.368 e. The minimum absolute atomic E-state index is 0. The summed E-state index contributed by atoms with van der Waals surface area (Å²) in [7, 11) is 0. The Morgan fingerprint density at radius 3 is 2.58 bits per heavy atom. The van der Waals surface area contributed by atoms with E-state index in [-0.39, 0.29) is 18.3 Å². The summed E-state index contributed by atoms with van der Waals surface area (Å²) >= 11 is 13.8. The van der Waals surface area contributed by atoms with Crippen LogP contribution in [0.1, 0.15) is 19.3 Å². The Bertz CT molecular complexity index is 988. The van der Waals surface area contributed by atoms with Crippen LogP contribution in [0.25, 0.3) is 10.2 Å². The predicted octanol–water partition coefficient (Wildman–Crippen LogP) is 5.96. The molecule has 9 heteroatoms. The van der Waals surface area contributed by atoms with E-state index >= 15 is 0 Å². The fourth-order valence-corrected chi connectivity index (χ4v) is 5.09. The second kappa shape index (κ2) is 11.3. The first-order chi connectivity index (χ1) is 14.6. The average molecular weight is 500 g/mol. The zero-order valence-corrected chi connectivity index (χ0v) is 20.2. The van der Waals surface area contributed by atoms with Crippen molar-refractivity contribution < 1.29 is 4.79 Å². The monoisotopic (exact) mass is 498 g/mol. The summed E-state index contributed by atoms with van der Waals surface area (Å²) in [5, 5.41) is 4.97. The number of hydrogen-bond acceptors (Lipinski definition) is 5. The number of para-hydroxylation sites is 1. The first kappa shape index (κ1) is 24.1. The Kier molecular flexibility index (Phi) is 8.81. The Hall–Kier alpha value is -1.57. The number of amides is 1. The van der Waals surface area contributed by atoms with Crippen LogP contribution in [0.2, 0.25) is 10.0 Å². The first-order valence-electron chi connectivity index (χ1n) is 10.2. The second-order valence-corrected chi connectivity index (χ2v) is 9.29. The van der Waals surface area contributed by atoms with Gasteiger partial charge >= 0.3 is 0 Å². The highest BCUT2D eigenvalue weighted by Crippen LogP contribution is 2.29. The lowest BCUT2D eigenvalue weighted by atomic mass is 10.2. The molecule has 2 heterocycles. The van der Waals surface area contributed by atoms with Crippen molar-refractivity contribution in [3.8, 4) is 0 Å². The van der Waals surface area contributed by atoms with Crippen LogP contribution in [0, 0.1) is 0 Å². The fourth-order valence-electron chi connectivity index (χ4n) is 3.68. The van der Waals surface area contributed by atoms with Crippen molar-refractivity contribution in [3.05, 3.63) is 52.5 Å². The first-order valence-corrected chi connectivity index (χ1v) is 11.7. The maximum Gasteiger partial charge on any atom is 0.226 e. The largest absolute Gasteiger partial charge is 0.368 e. The molecule has 4 rings (SSSR count). The lowest BCUT2D eigenvalue weighted by Crippen LogP contribution is -2.46. The molecule has 1 aliphatic heterocycles. The normalized spacial score (nSPS) is 14.5. The molecule has 0 spiro atoms. The highest BCUT2D eigenvalue weighted by Gasteiger charge is 2.19. The van der Waals surface area contributed by atoms with Crippen LogP contribution in [0.4, 0.5) is 10.8 Å². The Morgan fingerprint density at radius 2 is 1.84 bits per heavy atom. The van der Waals surface area contributed by atoms with E-state index in [0.717, 1.165) is 61.5 Å². The van der Waals surface area contributed by atoms with Gasteiger partial charge in [0.15, 0.2) is 5.13 Å². The van der Waals surface area contributed by atoms with E-state index in [9.17, 15) is 4.79 Å². The van der Waals surface area contributed by atoms with Crippen molar-refractivity contribution in [2.75, 3.05) is 42.9 Å². The lowest BCUT2D eigenvalue weighted by Gasteiger charge is -2.36. The van der Waals surface area contributed by atoms with Crippen LogP contribution in [0.15, 0.2) is 42.5 Å². The summed E-state index contributed by atoms with van der Waals surface area (Å²) in [5.74, 6) is 0.0382. The molecule has 1 aromatic heterocycles. The summed E-state index contributed by atoms with van der Waals surface area (Å²) in [6.45, 7) is 4.89. The molecule has 166 valence electrons. The number of rotatable bonds is 7. The molecule has 0 atom stereocenters. The van der Waals surface area contributed by atoms with Crippen LogP contribution in [0.3, 0.4) is 0 Å². The van der Waals surface area contributed by atoms with E-state index in [0.29, 0.717) is 21.6 Å². The molecule has 1 aliphatic rings. The SMILES string of the molecule is Cl.O=C(CCCCN1CCN(c2ccc(Cl)cc2Cl)CC1)Nc1nc2ccccc2s1. The molecule has 0 saturated carbocycles. The maximum absolute atomic E-state index is 12.2. The number of halogens is 3. The van der Waals surface area contributed by atoms with Crippen molar-refractivity contribution in [2.24, 2.45) is 0 Å². The summed E-state index contributed by atoms with van der Waals surface area (Å²) in [6, 6.07) is 13.6. The van der Waals surface area contributed by atoms with E-state index in [1.165, 1.54) is 11.3 Å². The quantitative estimate of drug-likeness (QED) is 0.408. The van der Waals surface area contributed by atoms with Crippen molar-refractivity contribution >= 4 is 73.9 Å². The van der Waals surface area contributed by atoms with Crippen molar-refractivity contribution in [3.63, 3.8) is 0 Å². The predicted molar refractivity (Wildman–Crippen MR) is 134 cm³/mol. The third-order valence-corrected chi connectivity index (χ3v) is 6.78. The molecule has 1 N–H and O–H groups in total. The Balaban J connectivity index is 0.00000272. The van der Waals surface area contributed by atoms with Crippen molar-refractivity contribution in [1.82, 2.24) is 9.88 Å². The highest BCUT2D eigenvalue weighted by atomic mass is 35.5. The van der Waals surface area contributed by atoms with Crippen LogP contribution in [0.5, 0.6) is 0 Å². The van der Waals surface area contributed by atoms with Gasteiger partial charge in [-0.2, -0.15) is 0 Å². The molecule has 1 saturated heterocycles. The van der Waals surface area contributed by atoms with Crippen molar-refractivity contribution in [1.29, 1.82) is 0 Å². The standard InChI is InChI=1S/C22H24Cl2N4OS.ClH/c23-16-8-9-19(17(24)15-16)28-13-11-27(12-14-28)10-4-3-7-21(29)26-22-25-18-5-1-2-6-20(18)30-22;/h1-2,5-6,8-9,15H,3-4,7,10-14H2,(H,25,26,29);1H. The smallest absolute Gasteiger partial charge is 0.226 e. The Morgan fingerprint density at radius 1 is 1.06 bits per heavy atom. The molecule has 0 aliphatic carbocycles. The van der Waals surface area contributed by atoms with Gasteiger partial charge in [-0.1, -0.05) is 46.7 Å². The van der Waals surface area contributed by atoms with Crippen molar-refractivity contribution in [2.45, 2.75) is 19.3 Å². The number of anilines is 2. The van der Waals surface area contributed by atoms with Gasteiger partial charge in [0.25, 0.3) is 0 Å². The van der Waals surface area contributed by atoms with Crippen LogP contribution < -0.4 is 10.2 Å². The van der Waals surface area contributed by atoms with Gasteiger partial charge < -0.3 is 10.2 Å². The molecule has 3 aromatic rings. The van der Waals surface area contributed by atoms with Gasteiger partial charge in [-0.05, 0) is 49.7 Å². The van der Waals surface area contributed by atoms with Gasteiger partial charge in [0.2, 0.25) is 5.91 Å². The second-order valence-electron chi connectivity index (χ2n) is 7.42. The highest BCUT2D eigenvalue weighted by molar-refractivity contribution is 7.22. The number of carbonyl (C=O) groups excluding carboxylic acids is 1. The number of carbonyl (C=O) groups is 1. The number of piperazine rings is 1. The molecule has 2 aromatic carbocycles. The van der Waals surface area contributed by atoms with Crippen LogP contribution in [-0.2, 0) is 4.79 Å². The van der Waals surface area contributed by atoms with Crippen LogP contribution in [-0.4, -0.2) is 48.5 Å². The van der Waals surface area contributed by atoms with Gasteiger partial charge in [0.05, 0.1) is 20.9 Å². The van der Waals surface area contributed by atoms with E-state index in [2.05, 4.69) is 20.1 Å². The number of nitrogens with one attached hydrogen (secondary N) is 1. The maximum atomic E-state index is 12.2. The van der Waals surface area contributed by atoms with Gasteiger partial charge in [-0.25, -0.2) is 4.98 Å². The number of aromatic nitrogens is 1. The zero-order chi connectivity index (χ0) is 20.9. The topological polar surface area (TPSA) is 48.5 Å². The molecular formula is C22H25Cl3N4OS. The lowest BCUT2D eigenvalue weighted by molar-refractivity contribution is -0.116. The molecule has 0 radical (unpaired) electrons. The minimum atomic E-state index is 0. The molecule has 1 amide bonds. The molecule has 31 heavy (non-hydrogen) atoms. The summed E-state index contributed by atoms with van der Waals surface area (Å²) < 4.78 is 1.09. The van der Waals surface area contributed by atoms with E-state index in [1.54, 1.807) is 6.07 Å². The number of thiazole rings is 1. The number of hydrogen-bond donors (Lipinski definition) is 1.